The Balaban J connectivity index is 1.49. The molecule has 0 radical (unpaired) electrons. The third kappa shape index (κ3) is 2.56. The summed E-state index contributed by atoms with van der Waals surface area (Å²) < 4.78 is 6.36. The summed E-state index contributed by atoms with van der Waals surface area (Å²) in [6, 6.07) is 19.3. The summed E-state index contributed by atoms with van der Waals surface area (Å²) >= 11 is 0. The third-order valence-corrected chi connectivity index (χ3v) is 4.68. The third-order valence-electron chi connectivity index (χ3n) is 4.68. The second-order valence-corrected chi connectivity index (χ2v) is 6.37. The van der Waals surface area contributed by atoms with E-state index in [9.17, 15) is 0 Å². The number of para-hydroxylation sites is 1. The van der Waals surface area contributed by atoms with Gasteiger partial charge in [0.15, 0.2) is 0 Å². The van der Waals surface area contributed by atoms with Gasteiger partial charge in [0.1, 0.15) is 11.4 Å². The van der Waals surface area contributed by atoms with Crippen molar-refractivity contribution in [3.8, 4) is 5.75 Å². The molecule has 2 aromatic rings. The molecule has 2 nitrogen and oxygen atoms in total. The van der Waals surface area contributed by atoms with Crippen LogP contribution in [0.2, 0.25) is 0 Å². The second kappa shape index (κ2) is 5.19. The molecule has 0 N–H and O–H groups in total. The summed E-state index contributed by atoms with van der Waals surface area (Å²) in [6.07, 6.45) is 3.46. The monoisotopic (exact) mass is 279 g/mol. The Kier molecular flexibility index (Phi) is 3.19. The highest BCUT2D eigenvalue weighted by molar-refractivity contribution is 5.39. The Bertz CT molecular complexity index is 597. The molecule has 2 aliphatic rings. The van der Waals surface area contributed by atoms with Gasteiger partial charge in [0.2, 0.25) is 0 Å². The lowest BCUT2D eigenvalue weighted by molar-refractivity contribution is 0.00519. The van der Waals surface area contributed by atoms with E-state index < -0.39 is 0 Å². The van der Waals surface area contributed by atoms with E-state index in [0.29, 0.717) is 0 Å². The van der Waals surface area contributed by atoms with Crippen molar-refractivity contribution in [3.05, 3.63) is 65.7 Å². The van der Waals surface area contributed by atoms with Crippen LogP contribution in [0.4, 0.5) is 0 Å². The Morgan fingerprint density at radius 1 is 1.00 bits per heavy atom. The summed E-state index contributed by atoms with van der Waals surface area (Å²) in [6.45, 7) is 3.25. The molecule has 0 amide bonds. The van der Waals surface area contributed by atoms with Crippen molar-refractivity contribution in [2.45, 2.75) is 31.4 Å². The molecule has 1 atom stereocenters. The predicted octanol–water partition coefficient (Wildman–Crippen LogP) is 3.66. The average molecular weight is 279 g/mol. The minimum atomic E-state index is 0.0106. The first-order valence-corrected chi connectivity index (χ1v) is 7.86. The molecule has 4 rings (SSSR count). The molecule has 0 bridgehead atoms. The zero-order chi connectivity index (χ0) is 14.1. The highest BCUT2D eigenvalue weighted by Gasteiger charge is 2.42. The van der Waals surface area contributed by atoms with Crippen molar-refractivity contribution in [1.82, 2.24) is 4.90 Å². The van der Waals surface area contributed by atoms with Crippen molar-refractivity contribution in [1.29, 1.82) is 0 Å². The van der Waals surface area contributed by atoms with Gasteiger partial charge in [-0.15, -0.1) is 0 Å². The average Bonchev–Trinajstić information content (AvgIpc) is 2.85. The number of hydrogen-bond donors (Lipinski definition) is 0. The van der Waals surface area contributed by atoms with Gasteiger partial charge in [-0.25, -0.2) is 0 Å². The second-order valence-electron chi connectivity index (χ2n) is 6.37. The number of likely N-dealkylation sites (tertiary alicyclic amines) is 1. The maximum absolute atomic E-state index is 6.36. The first kappa shape index (κ1) is 12.9. The van der Waals surface area contributed by atoms with E-state index in [-0.39, 0.29) is 5.60 Å². The Labute approximate surface area is 126 Å². The maximum atomic E-state index is 6.36. The van der Waals surface area contributed by atoms with Crippen LogP contribution >= 0.6 is 0 Å². The van der Waals surface area contributed by atoms with Crippen molar-refractivity contribution >= 4 is 0 Å². The van der Waals surface area contributed by atoms with Crippen LogP contribution in [-0.4, -0.2) is 23.6 Å². The molecule has 2 aromatic carbocycles. The summed E-state index contributed by atoms with van der Waals surface area (Å²) in [5, 5.41) is 0. The molecule has 108 valence electrons. The molecule has 2 heteroatoms. The standard InChI is InChI=1S/C19H21NO/c1-2-7-16(8-3-1)14-20-12-6-11-19(15-20)13-17-9-4-5-10-18(17)21-19/h1-5,7-10H,6,11-15H2. The number of benzene rings is 2. The van der Waals surface area contributed by atoms with Gasteiger partial charge >= 0.3 is 0 Å². The molecule has 1 unspecified atom stereocenters. The van der Waals surface area contributed by atoms with E-state index in [1.807, 2.05) is 0 Å². The number of hydrogen-bond acceptors (Lipinski definition) is 2. The fourth-order valence-electron chi connectivity index (χ4n) is 3.76. The Morgan fingerprint density at radius 2 is 1.81 bits per heavy atom. The fraction of sp³-hybridized carbons (Fsp3) is 0.368. The van der Waals surface area contributed by atoms with Crippen LogP contribution in [-0.2, 0) is 13.0 Å². The van der Waals surface area contributed by atoms with Crippen LogP contribution in [0.25, 0.3) is 0 Å². The largest absolute Gasteiger partial charge is 0.485 e. The molecule has 1 fully saturated rings. The minimum Gasteiger partial charge on any atom is -0.485 e. The van der Waals surface area contributed by atoms with E-state index in [4.69, 9.17) is 4.74 Å². The zero-order valence-electron chi connectivity index (χ0n) is 12.3. The molecule has 1 saturated heterocycles. The van der Waals surface area contributed by atoms with Gasteiger partial charge in [-0.1, -0.05) is 48.5 Å². The molecule has 2 heterocycles. The summed E-state index contributed by atoms with van der Waals surface area (Å²) in [5.41, 5.74) is 2.78. The van der Waals surface area contributed by atoms with Crippen LogP contribution in [0.15, 0.2) is 54.6 Å². The number of ether oxygens (including phenoxy) is 1. The van der Waals surface area contributed by atoms with Crippen LogP contribution in [0.5, 0.6) is 5.75 Å². The topological polar surface area (TPSA) is 12.5 Å². The van der Waals surface area contributed by atoms with Crippen molar-refractivity contribution in [3.63, 3.8) is 0 Å². The molecule has 21 heavy (non-hydrogen) atoms. The summed E-state index contributed by atoms with van der Waals surface area (Å²) in [5.74, 6) is 1.10. The summed E-state index contributed by atoms with van der Waals surface area (Å²) in [7, 11) is 0. The number of fused-ring (bicyclic) bond motifs is 1. The highest BCUT2D eigenvalue weighted by Crippen LogP contribution is 2.40. The van der Waals surface area contributed by atoms with Crippen molar-refractivity contribution in [2.24, 2.45) is 0 Å². The first-order chi connectivity index (χ1) is 10.3. The van der Waals surface area contributed by atoms with Crippen molar-refractivity contribution < 1.29 is 4.74 Å². The van der Waals surface area contributed by atoms with E-state index in [0.717, 1.165) is 25.3 Å². The minimum absolute atomic E-state index is 0.0106. The van der Waals surface area contributed by atoms with Gasteiger partial charge in [0, 0.05) is 19.5 Å². The molecule has 0 aromatic heterocycles. The first-order valence-electron chi connectivity index (χ1n) is 7.86. The Morgan fingerprint density at radius 3 is 2.67 bits per heavy atom. The number of piperidine rings is 1. The smallest absolute Gasteiger partial charge is 0.126 e. The van der Waals surface area contributed by atoms with Crippen LogP contribution < -0.4 is 4.74 Å². The SMILES string of the molecule is c1ccc(CN2CCCC3(Cc4ccccc4O3)C2)cc1. The van der Waals surface area contributed by atoms with Gasteiger partial charge in [-0.05, 0) is 36.6 Å². The van der Waals surface area contributed by atoms with E-state index in [2.05, 4.69) is 59.5 Å². The number of rotatable bonds is 2. The summed E-state index contributed by atoms with van der Waals surface area (Å²) in [4.78, 5) is 2.55. The molecular weight excluding hydrogens is 258 g/mol. The predicted molar refractivity (Wildman–Crippen MR) is 84.5 cm³/mol. The van der Waals surface area contributed by atoms with Gasteiger partial charge in [-0.2, -0.15) is 0 Å². The lowest BCUT2D eigenvalue weighted by Crippen LogP contribution is -2.50. The van der Waals surface area contributed by atoms with E-state index in [1.54, 1.807) is 0 Å². The quantitative estimate of drug-likeness (QED) is 0.832. The van der Waals surface area contributed by atoms with Crippen LogP contribution in [0.3, 0.4) is 0 Å². The van der Waals surface area contributed by atoms with E-state index >= 15 is 0 Å². The molecule has 0 saturated carbocycles. The molecular formula is C19H21NO. The molecule has 0 aliphatic carbocycles. The molecule has 1 spiro atoms. The maximum Gasteiger partial charge on any atom is 0.126 e. The zero-order valence-corrected chi connectivity index (χ0v) is 12.3. The fourth-order valence-corrected chi connectivity index (χ4v) is 3.76. The highest BCUT2D eigenvalue weighted by atomic mass is 16.5. The van der Waals surface area contributed by atoms with Gasteiger partial charge in [0.25, 0.3) is 0 Å². The lowest BCUT2D eigenvalue weighted by Gasteiger charge is -2.39. The van der Waals surface area contributed by atoms with E-state index in [1.165, 1.54) is 30.5 Å². The van der Waals surface area contributed by atoms with Gasteiger partial charge in [-0.3, -0.25) is 4.90 Å². The van der Waals surface area contributed by atoms with Gasteiger partial charge < -0.3 is 4.74 Å². The van der Waals surface area contributed by atoms with Gasteiger partial charge in [0.05, 0.1) is 0 Å². The van der Waals surface area contributed by atoms with Crippen molar-refractivity contribution in [2.75, 3.05) is 13.1 Å². The normalized spacial score (nSPS) is 24.8. The molecule has 2 aliphatic heterocycles. The number of nitrogens with zero attached hydrogens (tertiary/aromatic N) is 1. The Hall–Kier alpha value is -1.80. The van der Waals surface area contributed by atoms with Crippen LogP contribution in [0.1, 0.15) is 24.0 Å². The van der Waals surface area contributed by atoms with Crippen LogP contribution in [0, 0.1) is 0 Å². The lowest BCUT2D eigenvalue weighted by atomic mass is 9.88.